The first-order chi connectivity index (χ1) is 14.0. The number of nitrogens with one attached hydrogen (secondary N) is 1. The minimum Gasteiger partial charge on any atom is -0.465 e. The van der Waals surface area contributed by atoms with Gasteiger partial charge in [-0.25, -0.2) is 9.78 Å². The zero-order valence-electron chi connectivity index (χ0n) is 15.9. The van der Waals surface area contributed by atoms with Crippen LogP contribution in [0.2, 0.25) is 5.02 Å². The van der Waals surface area contributed by atoms with Gasteiger partial charge < -0.3 is 14.8 Å². The molecular formula is C22H19ClN2O4. The van der Waals surface area contributed by atoms with E-state index in [1.54, 1.807) is 36.4 Å². The zero-order valence-corrected chi connectivity index (χ0v) is 16.6. The van der Waals surface area contributed by atoms with Crippen molar-refractivity contribution in [2.45, 2.75) is 13.0 Å². The number of methoxy groups -OCH3 is 1. The van der Waals surface area contributed by atoms with E-state index >= 15 is 0 Å². The highest BCUT2D eigenvalue weighted by molar-refractivity contribution is 6.30. The van der Waals surface area contributed by atoms with E-state index in [4.69, 9.17) is 21.1 Å². The first kappa shape index (κ1) is 20.4. The van der Waals surface area contributed by atoms with Crippen LogP contribution in [0.15, 0.2) is 66.9 Å². The fourth-order valence-electron chi connectivity index (χ4n) is 2.65. The van der Waals surface area contributed by atoms with Gasteiger partial charge in [0, 0.05) is 6.20 Å². The van der Waals surface area contributed by atoms with E-state index in [0.29, 0.717) is 16.3 Å². The molecule has 6 nitrogen and oxygen atoms in total. The Balaban J connectivity index is 1.77. The topological polar surface area (TPSA) is 77.5 Å². The Labute approximate surface area is 173 Å². The molecule has 0 aliphatic rings. The van der Waals surface area contributed by atoms with E-state index in [1.165, 1.54) is 19.4 Å². The SMILES string of the molecule is COC(=O)c1ccc([C@H](C)NC(=O)c2cc(Cl)cnc2Oc2ccccc2)cc1. The number of aromatic nitrogens is 1. The van der Waals surface area contributed by atoms with Crippen LogP contribution in [0.1, 0.15) is 39.2 Å². The summed E-state index contributed by atoms with van der Waals surface area (Å²) in [6.45, 7) is 1.83. The average molecular weight is 411 g/mol. The van der Waals surface area contributed by atoms with Crippen LogP contribution in [-0.2, 0) is 4.74 Å². The van der Waals surface area contributed by atoms with Gasteiger partial charge in [0.15, 0.2) is 0 Å². The number of carbonyl (C=O) groups is 2. The lowest BCUT2D eigenvalue weighted by atomic mass is 10.1. The molecule has 1 heterocycles. The highest BCUT2D eigenvalue weighted by atomic mass is 35.5. The molecule has 0 aliphatic heterocycles. The summed E-state index contributed by atoms with van der Waals surface area (Å²) in [4.78, 5) is 28.5. The third-order valence-electron chi connectivity index (χ3n) is 4.20. The van der Waals surface area contributed by atoms with Crippen molar-refractivity contribution in [1.29, 1.82) is 0 Å². The molecule has 0 spiro atoms. The number of nitrogens with zero attached hydrogens (tertiary/aromatic N) is 1. The first-order valence-corrected chi connectivity index (χ1v) is 9.23. The maximum atomic E-state index is 12.8. The molecule has 1 atom stereocenters. The maximum absolute atomic E-state index is 12.8. The molecule has 0 aliphatic carbocycles. The molecule has 148 valence electrons. The molecule has 2 aromatic carbocycles. The Morgan fingerprint density at radius 1 is 1.07 bits per heavy atom. The molecule has 0 saturated heterocycles. The summed E-state index contributed by atoms with van der Waals surface area (Å²) in [5, 5.41) is 3.22. The van der Waals surface area contributed by atoms with E-state index in [2.05, 4.69) is 10.3 Å². The fraction of sp³-hybridized carbons (Fsp3) is 0.136. The Kier molecular flexibility index (Phi) is 6.46. The lowest BCUT2D eigenvalue weighted by molar-refractivity contribution is 0.0600. The Morgan fingerprint density at radius 2 is 1.76 bits per heavy atom. The summed E-state index contributed by atoms with van der Waals surface area (Å²) in [5.41, 5.74) is 1.48. The van der Waals surface area contributed by atoms with Crippen molar-refractivity contribution in [3.63, 3.8) is 0 Å². The predicted octanol–water partition coefficient (Wildman–Crippen LogP) is 4.80. The Morgan fingerprint density at radius 3 is 2.41 bits per heavy atom. The standard InChI is InChI=1S/C22H19ClN2O4/c1-14(15-8-10-16(11-9-15)22(27)28-2)25-20(26)19-12-17(23)13-24-21(19)29-18-6-4-3-5-7-18/h3-14H,1-2H3,(H,25,26)/t14-/m0/s1. The van der Waals surface area contributed by atoms with Gasteiger partial charge in [-0.1, -0.05) is 41.9 Å². The second-order valence-electron chi connectivity index (χ2n) is 6.23. The van der Waals surface area contributed by atoms with Crippen LogP contribution in [0.25, 0.3) is 0 Å². The molecule has 1 N–H and O–H groups in total. The van der Waals surface area contributed by atoms with E-state index in [-0.39, 0.29) is 23.4 Å². The van der Waals surface area contributed by atoms with Gasteiger partial charge in [-0.15, -0.1) is 0 Å². The number of ether oxygens (including phenoxy) is 2. The molecule has 7 heteroatoms. The van der Waals surface area contributed by atoms with Crippen molar-refractivity contribution in [2.24, 2.45) is 0 Å². The van der Waals surface area contributed by atoms with Crippen LogP contribution in [0.3, 0.4) is 0 Å². The van der Waals surface area contributed by atoms with Crippen LogP contribution < -0.4 is 10.1 Å². The molecule has 3 aromatic rings. The number of amides is 1. The number of pyridine rings is 1. The summed E-state index contributed by atoms with van der Waals surface area (Å²) in [5.74, 6) is -0.0782. The molecule has 0 fully saturated rings. The minimum atomic E-state index is -0.416. The van der Waals surface area contributed by atoms with Crippen LogP contribution >= 0.6 is 11.6 Å². The summed E-state index contributed by atoms with van der Waals surface area (Å²) in [7, 11) is 1.33. The second-order valence-corrected chi connectivity index (χ2v) is 6.67. The molecule has 3 rings (SSSR count). The summed E-state index contributed by atoms with van der Waals surface area (Å²) < 4.78 is 10.4. The quantitative estimate of drug-likeness (QED) is 0.590. The first-order valence-electron chi connectivity index (χ1n) is 8.85. The van der Waals surface area contributed by atoms with Gasteiger partial charge in [0.05, 0.1) is 23.7 Å². The summed E-state index contributed by atoms with van der Waals surface area (Å²) in [6.07, 6.45) is 1.42. The highest BCUT2D eigenvalue weighted by Crippen LogP contribution is 2.26. The van der Waals surface area contributed by atoms with Crippen LogP contribution in [-0.4, -0.2) is 24.0 Å². The van der Waals surface area contributed by atoms with Crippen molar-refractivity contribution in [1.82, 2.24) is 10.3 Å². The van der Waals surface area contributed by atoms with Crippen LogP contribution in [0.5, 0.6) is 11.6 Å². The van der Waals surface area contributed by atoms with Crippen molar-refractivity contribution in [3.05, 3.63) is 88.6 Å². The molecule has 0 saturated carbocycles. The maximum Gasteiger partial charge on any atom is 0.337 e. The molecule has 1 aromatic heterocycles. The molecule has 29 heavy (non-hydrogen) atoms. The van der Waals surface area contributed by atoms with E-state index in [0.717, 1.165) is 5.56 Å². The third kappa shape index (κ3) is 5.12. The van der Waals surface area contributed by atoms with Gasteiger partial charge in [-0.05, 0) is 42.8 Å². The van der Waals surface area contributed by atoms with E-state index in [9.17, 15) is 9.59 Å². The molecular weight excluding hydrogens is 392 g/mol. The van der Waals surface area contributed by atoms with E-state index < -0.39 is 5.97 Å². The number of hydrogen-bond acceptors (Lipinski definition) is 5. The zero-order chi connectivity index (χ0) is 20.8. The van der Waals surface area contributed by atoms with Crippen molar-refractivity contribution in [2.75, 3.05) is 7.11 Å². The van der Waals surface area contributed by atoms with Crippen molar-refractivity contribution < 1.29 is 19.1 Å². The molecule has 0 bridgehead atoms. The number of rotatable bonds is 6. The lowest BCUT2D eigenvalue weighted by Gasteiger charge is -2.16. The number of benzene rings is 2. The Hall–Kier alpha value is -3.38. The van der Waals surface area contributed by atoms with Gasteiger partial charge in [-0.3, -0.25) is 4.79 Å². The fourth-order valence-corrected chi connectivity index (χ4v) is 2.81. The van der Waals surface area contributed by atoms with Crippen LogP contribution in [0.4, 0.5) is 0 Å². The van der Waals surface area contributed by atoms with Crippen molar-refractivity contribution in [3.8, 4) is 11.6 Å². The van der Waals surface area contributed by atoms with Crippen LogP contribution in [0, 0.1) is 0 Å². The number of para-hydroxylation sites is 1. The molecule has 1 amide bonds. The minimum absolute atomic E-state index is 0.159. The monoisotopic (exact) mass is 410 g/mol. The number of esters is 1. The van der Waals surface area contributed by atoms with Gasteiger partial charge in [-0.2, -0.15) is 0 Å². The van der Waals surface area contributed by atoms with E-state index in [1.807, 2.05) is 25.1 Å². The number of hydrogen-bond donors (Lipinski definition) is 1. The van der Waals surface area contributed by atoms with Gasteiger partial charge >= 0.3 is 5.97 Å². The normalized spacial score (nSPS) is 11.4. The van der Waals surface area contributed by atoms with Gasteiger partial charge in [0.25, 0.3) is 5.91 Å². The molecule has 0 unspecified atom stereocenters. The van der Waals surface area contributed by atoms with Crippen molar-refractivity contribution >= 4 is 23.5 Å². The second kappa shape index (κ2) is 9.21. The van der Waals surface area contributed by atoms with Gasteiger partial charge in [0.1, 0.15) is 11.3 Å². The molecule has 0 radical (unpaired) electrons. The number of carbonyl (C=O) groups excluding carboxylic acids is 2. The smallest absolute Gasteiger partial charge is 0.337 e. The third-order valence-corrected chi connectivity index (χ3v) is 4.41. The summed E-state index contributed by atoms with van der Waals surface area (Å²) >= 11 is 6.04. The summed E-state index contributed by atoms with van der Waals surface area (Å²) in [6, 6.07) is 17.0. The number of halogens is 1. The Bertz CT molecular complexity index is 1010. The largest absolute Gasteiger partial charge is 0.465 e. The average Bonchev–Trinajstić information content (AvgIpc) is 2.75. The van der Waals surface area contributed by atoms with Gasteiger partial charge in [0.2, 0.25) is 5.88 Å². The predicted molar refractivity (Wildman–Crippen MR) is 109 cm³/mol. The lowest BCUT2D eigenvalue weighted by Crippen LogP contribution is -2.27. The highest BCUT2D eigenvalue weighted by Gasteiger charge is 2.19.